The van der Waals surface area contributed by atoms with E-state index < -0.39 is 0 Å². The molecule has 0 spiro atoms. The number of carbonyl (C=O) groups is 1. The molecule has 1 aromatic rings. The van der Waals surface area contributed by atoms with E-state index >= 15 is 0 Å². The van der Waals surface area contributed by atoms with Crippen molar-refractivity contribution < 1.29 is 9.53 Å². The molecular weight excluding hydrogens is 364 g/mol. The first kappa shape index (κ1) is 20.8. The third kappa shape index (κ3) is 4.81. The number of nitrogens with zero attached hydrogens (tertiary/aromatic N) is 2. The average Bonchev–Trinajstić information content (AvgIpc) is 3.44. The van der Waals surface area contributed by atoms with Gasteiger partial charge < -0.3 is 20.7 Å². The van der Waals surface area contributed by atoms with E-state index in [-0.39, 0.29) is 18.1 Å². The highest BCUT2D eigenvalue weighted by Crippen LogP contribution is 2.38. The lowest BCUT2D eigenvalue weighted by Gasteiger charge is -2.34. The fraction of sp³-hybridized carbons (Fsp3) is 0.739. The Morgan fingerprint density at radius 1 is 1.34 bits per heavy atom. The van der Waals surface area contributed by atoms with Crippen LogP contribution >= 0.6 is 0 Å². The average molecular weight is 401 g/mol. The third-order valence-corrected chi connectivity index (χ3v) is 6.71. The number of carbonyl (C=O) groups excluding carboxylic acids is 1. The minimum absolute atomic E-state index is 0.0160. The summed E-state index contributed by atoms with van der Waals surface area (Å²) in [6, 6.07) is 2.66. The normalized spacial score (nSPS) is 23.9. The molecule has 3 fully saturated rings. The van der Waals surface area contributed by atoms with E-state index in [1.807, 2.05) is 6.20 Å². The molecule has 0 aromatic carbocycles. The van der Waals surface area contributed by atoms with Gasteiger partial charge in [0.2, 0.25) is 0 Å². The molecular formula is C23H36N4O2. The second-order valence-electron chi connectivity index (χ2n) is 8.90. The zero-order valence-corrected chi connectivity index (χ0v) is 17.7. The highest BCUT2D eigenvalue weighted by molar-refractivity contribution is 5.82. The molecule has 2 heterocycles. The first-order chi connectivity index (χ1) is 14.2. The maximum atomic E-state index is 13.3. The van der Waals surface area contributed by atoms with Crippen molar-refractivity contribution >= 4 is 5.91 Å². The summed E-state index contributed by atoms with van der Waals surface area (Å²) < 4.78 is 5.76. The van der Waals surface area contributed by atoms with Crippen LogP contribution in [0.5, 0.6) is 0 Å². The van der Waals surface area contributed by atoms with Crippen molar-refractivity contribution in [3.8, 4) is 0 Å². The molecule has 3 N–H and O–H groups in total. The Hall–Kier alpha value is -1.50. The van der Waals surface area contributed by atoms with E-state index in [9.17, 15) is 4.79 Å². The topological polar surface area (TPSA) is 80.5 Å². The van der Waals surface area contributed by atoms with Gasteiger partial charge in [-0.3, -0.25) is 9.78 Å². The van der Waals surface area contributed by atoms with Gasteiger partial charge in [-0.15, -0.1) is 0 Å². The maximum absolute atomic E-state index is 13.3. The van der Waals surface area contributed by atoms with Crippen LogP contribution in [0.25, 0.3) is 0 Å². The van der Waals surface area contributed by atoms with Crippen molar-refractivity contribution in [1.29, 1.82) is 0 Å². The number of nitrogens with two attached hydrogens (primary N) is 1. The van der Waals surface area contributed by atoms with Crippen LogP contribution in [-0.4, -0.2) is 54.2 Å². The van der Waals surface area contributed by atoms with Gasteiger partial charge in [-0.25, -0.2) is 0 Å². The summed E-state index contributed by atoms with van der Waals surface area (Å²) in [5.74, 6) is 0.714. The Balaban J connectivity index is 1.56. The number of nitrogens with one attached hydrogen (secondary N) is 1. The lowest BCUT2D eigenvalue weighted by atomic mass is 9.93. The smallest absolute Gasteiger partial charge is 0.253 e. The molecule has 29 heavy (non-hydrogen) atoms. The summed E-state index contributed by atoms with van der Waals surface area (Å²) in [6.45, 7) is 4.87. The van der Waals surface area contributed by atoms with Crippen LogP contribution < -0.4 is 11.1 Å². The summed E-state index contributed by atoms with van der Waals surface area (Å²) >= 11 is 0. The number of aromatic nitrogens is 1. The van der Waals surface area contributed by atoms with Crippen LogP contribution in [0.4, 0.5) is 0 Å². The quantitative estimate of drug-likeness (QED) is 0.701. The molecule has 0 unspecified atom stereocenters. The van der Waals surface area contributed by atoms with E-state index in [1.165, 1.54) is 36.9 Å². The Labute approximate surface area is 174 Å². The number of pyridine rings is 1. The van der Waals surface area contributed by atoms with Gasteiger partial charge >= 0.3 is 0 Å². The zero-order chi connectivity index (χ0) is 20.2. The number of amides is 1. The van der Waals surface area contributed by atoms with Crippen LogP contribution in [0.2, 0.25) is 0 Å². The zero-order valence-electron chi connectivity index (χ0n) is 17.7. The minimum atomic E-state index is -0.366. The summed E-state index contributed by atoms with van der Waals surface area (Å²) in [6.07, 6.45) is 10.9. The van der Waals surface area contributed by atoms with Crippen molar-refractivity contribution in [1.82, 2.24) is 15.2 Å². The van der Waals surface area contributed by atoms with Gasteiger partial charge in [0.05, 0.1) is 12.6 Å². The first-order valence-electron chi connectivity index (χ1n) is 11.5. The Kier molecular flexibility index (Phi) is 6.83. The lowest BCUT2D eigenvalue weighted by molar-refractivity contribution is -0.148. The van der Waals surface area contributed by atoms with Crippen LogP contribution in [0.15, 0.2) is 12.3 Å². The molecule has 1 aliphatic heterocycles. The fourth-order valence-corrected chi connectivity index (χ4v) is 4.92. The number of hydrogen-bond acceptors (Lipinski definition) is 5. The number of morpholine rings is 1. The van der Waals surface area contributed by atoms with Gasteiger partial charge in [-0.1, -0.05) is 18.9 Å². The van der Waals surface area contributed by atoms with E-state index in [0.29, 0.717) is 31.7 Å². The number of ether oxygens (including phenoxy) is 1. The fourth-order valence-electron chi connectivity index (χ4n) is 4.92. The third-order valence-electron chi connectivity index (χ3n) is 6.71. The molecule has 2 atom stereocenters. The van der Waals surface area contributed by atoms with Gasteiger partial charge in [-0.2, -0.15) is 0 Å². The molecule has 2 aliphatic carbocycles. The maximum Gasteiger partial charge on any atom is 0.253 e. The SMILES string of the molecule is C[C@H](c1cnc(C2CCCC2)c(CCCN)c1)N(C(=O)[C@H]1CNCCO1)C1CC1. The van der Waals surface area contributed by atoms with Gasteiger partial charge in [0, 0.05) is 36.9 Å². The Morgan fingerprint density at radius 2 is 2.14 bits per heavy atom. The van der Waals surface area contributed by atoms with Crippen molar-refractivity contribution in [3.63, 3.8) is 0 Å². The predicted octanol–water partition coefficient (Wildman–Crippen LogP) is 2.67. The van der Waals surface area contributed by atoms with Gasteiger partial charge in [0.1, 0.15) is 6.10 Å². The monoisotopic (exact) mass is 400 g/mol. The molecule has 0 radical (unpaired) electrons. The van der Waals surface area contributed by atoms with E-state index in [4.69, 9.17) is 15.5 Å². The van der Waals surface area contributed by atoms with Crippen molar-refractivity contribution in [2.75, 3.05) is 26.2 Å². The van der Waals surface area contributed by atoms with Crippen molar-refractivity contribution in [2.24, 2.45) is 5.73 Å². The largest absolute Gasteiger partial charge is 0.366 e. The molecule has 3 aliphatic rings. The summed E-state index contributed by atoms with van der Waals surface area (Å²) in [5.41, 5.74) is 9.56. The number of aryl methyl sites for hydroxylation is 1. The Bertz CT molecular complexity index is 694. The van der Waals surface area contributed by atoms with E-state index in [2.05, 4.69) is 23.2 Å². The predicted molar refractivity (Wildman–Crippen MR) is 114 cm³/mol. The molecule has 6 heteroatoms. The van der Waals surface area contributed by atoms with Gasteiger partial charge in [-0.05, 0) is 63.1 Å². The molecule has 1 saturated heterocycles. The highest BCUT2D eigenvalue weighted by atomic mass is 16.5. The number of rotatable bonds is 8. The summed E-state index contributed by atoms with van der Waals surface area (Å²) in [5, 5.41) is 3.28. The minimum Gasteiger partial charge on any atom is -0.366 e. The Morgan fingerprint density at radius 3 is 2.79 bits per heavy atom. The molecule has 1 amide bonds. The lowest BCUT2D eigenvalue weighted by Crippen LogP contribution is -2.50. The molecule has 2 saturated carbocycles. The molecule has 160 valence electrons. The van der Waals surface area contributed by atoms with Crippen molar-refractivity contribution in [3.05, 3.63) is 29.1 Å². The first-order valence-corrected chi connectivity index (χ1v) is 11.5. The van der Waals surface area contributed by atoms with E-state index in [1.54, 1.807) is 0 Å². The highest BCUT2D eigenvalue weighted by Gasteiger charge is 2.40. The summed E-state index contributed by atoms with van der Waals surface area (Å²) in [7, 11) is 0. The molecule has 1 aromatic heterocycles. The van der Waals surface area contributed by atoms with E-state index in [0.717, 1.165) is 37.8 Å². The van der Waals surface area contributed by atoms with Crippen LogP contribution in [0.1, 0.15) is 80.7 Å². The van der Waals surface area contributed by atoms with Gasteiger partial charge in [0.25, 0.3) is 5.91 Å². The van der Waals surface area contributed by atoms with Crippen LogP contribution in [0, 0.1) is 0 Å². The molecule has 0 bridgehead atoms. The van der Waals surface area contributed by atoms with Crippen LogP contribution in [-0.2, 0) is 16.0 Å². The molecule has 4 rings (SSSR count). The number of hydrogen-bond donors (Lipinski definition) is 2. The van der Waals surface area contributed by atoms with Crippen LogP contribution in [0.3, 0.4) is 0 Å². The summed E-state index contributed by atoms with van der Waals surface area (Å²) in [4.78, 5) is 20.3. The molecule has 6 nitrogen and oxygen atoms in total. The van der Waals surface area contributed by atoms with Gasteiger partial charge in [0.15, 0.2) is 0 Å². The second kappa shape index (κ2) is 9.54. The standard InChI is InChI=1S/C23H36N4O2/c1-16(27(20-8-9-20)23(28)21-15-25-11-12-29-21)19-13-18(7-4-10-24)22(26-14-19)17-5-2-3-6-17/h13-14,16-17,20-21,25H,2-12,15,24H2,1H3/t16-,21-/m1/s1. The second-order valence-corrected chi connectivity index (χ2v) is 8.90. The van der Waals surface area contributed by atoms with Crippen molar-refractivity contribution in [2.45, 2.75) is 82.4 Å².